The van der Waals surface area contributed by atoms with Gasteiger partial charge in [-0.2, -0.15) is 0 Å². The molecule has 0 aliphatic heterocycles. The molecule has 1 N–H and O–H groups in total. The van der Waals surface area contributed by atoms with E-state index in [1.165, 1.54) is 11.8 Å². The summed E-state index contributed by atoms with van der Waals surface area (Å²) in [5.74, 6) is 0.366. The largest absolute Gasteiger partial charge is 0.470 e. The number of hydrogen-bond acceptors (Lipinski definition) is 6. The summed E-state index contributed by atoms with van der Waals surface area (Å²) in [5, 5.41) is 7.66. The van der Waals surface area contributed by atoms with Gasteiger partial charge < -0.3 is 14.9 Å². The van der Waals surface area contributed by atoms with Crippen molar-refractivity contribution in [3.05, 3.63) is 34.9 Å². The molecule has 0 aliphatic carbocycles. The number of aromatic nitrogens is 1. The molecule has 0 aliphatic rings. The lowest BCUT2D eigenvalue weighted by Gasteiger charge is -2.24. The van der Waals surface area contributed by atoms with Crippen LogP contribution < -0.4 is 10.1 Å². The van der Waals surface area contributed by atoms with E-state index in [9.17, 15) is 4.79 Å². The third-order valence-corrected chi connectivity index (χ3v) is 4.49. The molecule has 1 heterocycles. The maximum atomic E-state index is 12.6. The Morgan fingerprint density at radius 2 is 2.23 bits per heavy atom. The molecule has 1 atom stereocenters. The van der Waals surface area contributed by atoms with E-state index in [1.807, 2.05) is 45.2 Å². The Morgan fingerprint density at radius 1 is 1.46 bits per heavy atom. The number of carbonyl (C=O) groups is 1. The van der Waals surface area contributed by atoms with Gasteiger partial charge in [-0.15, -0.1) is 11.8 Å². The molecule has 1 unspecified atom stereocenters. The molecule has 140 valence electrons. The summed E-state index contributed by atoms with van der Waals surface area (Å²) in [6, 6.07) is 7.49. The number of thioether (sulfide) groups is 1. The zero-order chi connectivity index (χ0) is 19.2. The minimum atomic E-state index is -0.688. The highest BCUT2D eigenvalue weighted by Crippen LogP contribution is 2.24. The van der Waals surface area contributed by atoms with Crippen LogP contribution in [0.25, 0.3) is 10.9 Å². The van der Waals surface area contributed by atoms with Gasteiger partial charge in [0.15, 0.2) is 0 Å². The predicted octanol–water partition coefficient (Wildman–Crippen LogP) is 3.98. The fraction of sp³-hybridized carbons (Fsp3) is 0.389. The third-order valence-electron chi connectivity index (χ3n) is 3.32. The zero-order valence-electron chi connectivity index (χ0n) is 15.2. The van der Waals surface area contributed by atoms with Crippen LogP contribution in [0.3, 0.4) is 0 Å². The van der Waals surface area contributed by atoms with Crippen molar-refractivity contribution in [1.29, 1.82) is 0 Å². The molecule has 0 saturated carbocycles. The topological polar surface area (TPSA) is 72.8 Å². The maximum Gasteiger partial charge on any atom is 0.272 e. The number of nitrogens with zero attached hydrogens (tertiary/aromatic N) is 2. The smallest absolute Gasteiger partial charge is 0.272 e. The number of hydrogen-bond donors (Lipinski definition) is 1. The van der Waals surface area contributed by atoms with Gasteiger partial charge in [0.05, 0.1) is 17.3 Å². The van der Waals surface area contributed by atoms with E-state index in [0.717, 1.165) is 15.4 Å². The first-order chi connectivity index (χ1) is 12.3. The fourth-order valence-electron chi connectivity index (χ4n) is 2.14. The third kappa shape index (κ3) is 5.88. The van der Waals surface area contributed by atoms with Crippen molar-refractivity contribution in [2.24, 2.45) is 5.16 Å². The molecule has 26 heavy (non-hydrogen) atoms. The highest BCUT2D eigenvalue weighted by molar-refractivity contribution is 9.10. The number of fused-ring (bicyclic) bond motifs is 1. The van der Waals surface area contributed by atoms with Crippen LogP contribution in [0.5, 0.6) is 5.75 Å². The van der Waals surface area contributed by atoms with E-state index in [-0.39, 0.29) is 5.91 Å². The molecule has 6 nitrogen and oxygen atoms in total. The number of amides is 1. The number of pyridine rings is 1. The van der Waals surface area contributed by atoms with Gasteiger partial charge in [-0.25, -0.2) is 0 Å². The van der Waals surface area contributed by atoms with Crippen molar-refractivity contribution in [3.63, 3.8) is 0 Å². The van der Waals surface area contributed by atoms with Gasteiger partial charge in [0.1, 0.15) is 12.4 Å². The quantitative estimate of drug-likeness (QED) is 0.382. The summed E-state index contributed by atoms with van der Waals surface area (Å²) in [4.78, 5) is 21.8. The first-order valence-corrected chi connectivity index (χ1v) is 10.2. The van der Waals surface area contributed by atoms with Crippen LogP contribution in [0.4, 0.5) is 0 Å². The Balaban J connectivity index is 2.09. The zero-order valence-corrected chi connectivity index (χ0v) is 17.6. The number of carbonyl (C=O) groups excluding carboxylic acids is 1. The van der Waals surface area contributed by atoms with Crippen LogP contribution in [-0.4, -0.2) is 40.9 Å². The number of benzene rings is 1. The summed E-state index contributed by atoms with van der Waals surface area (Å²) in [7, 11) is 0. The Morgan fingerprint density at radius 3 is 2.92 bits per heavy atom. The van der Waals surface area contributed by atoms with Crippen LogP contribution in [-0.2, 0) is 9.63 Å². The maximum absolute atomic E-state index is 12.6. The number of rotatable bonds is 8. The molecular formula is C18H22BrN3O3S. The highest BCUT2D eigenvalue weighted by atomic mass is 79.9. The average molecular weight is 440 g/mol. The van der Waals surface area contributed by atoms with Crippen molar-refractivity contribution in [3.8, 4) is 5.75 Å². The first-order valence-electron chi connectivity index (χ1n) is 8.08. The molecule has 2 rings (SSSR count). The lowest BCUT2D eigenvalue weighted by Crippen LogP contribution is -2.49. The molecule has 0 fully saturated rings. The Labute approximate surface area is 165 Å². The molecular weight excluding hydrogens is 418 g/mol. The predicted molar refractivity (Wildman–Crippen MR) is 110 cm³/mol. The molecule has 0 radical (unpaired) electrons. The average Bonchev–Trinajstić information content (AvgIpc) is 2.58. The van der Waals surface area contributed by atoms with Crippen molar-refractivity contribution >= 4 is 50.7 Å². The monoisotopic (exact) mass is 439 g/mol. The van der Waals surface area contributed by atoms with Crippen molar-refractivity contribution < 1.29 is 14.4 Å². The molecule has 1 aromatic carbocycles. The van der Waals surface area contributed by atoms with E-state index < -0.39 is 11.0 Å². The lowest BCUT2D eigenvalue weighted by molar-refractivity contribution is -0.125. The van der Waals surface area contributed by atoms with E-state index in [0.29, 0.717) is 12.4 Å². The fourth-order valence-corrected chi connectivity index (χ4v) is 2.97. The van der Waals surface area contributed by atoms with Crippen LogP contribution in [0.15, 0.2) is 40.1 Å². The van der Waals surface area contributed by atoms with Crippen LogP contribution in [0.2, 0.25) is 0 Å². The van der Waals surface area contributed by atoms with Crippen LogP contribution >= 0.6 is 27.7 Å². The van der Waals surface area contributed by atoms with Crippen LogP contribution in [0, 0.1) is 0 Å². The molecule has 1 amide bonds. The Bertz CT molecular complexity index is 798. The minimum absolute atomic E-state index is 0.238. The standard InChI is InChI=1S/C18H22BrN3O3S/c1-5-24-21-11-18(2,3)22-16(23)17(26-4)25-14-6-7-15-12(9-14)8-13(19)10-20-15/h6-11,17H,5H2,1-4H3,(H,22,23)/b21-11-. The van der Waals surface area contributed by atoms with Gasteiger partial charge in [0, 0.05) is 16.1 Å². The molecule has 0 spiro atoms. The van der Waals surface area contributed by atoms with E-state index >= 15 is 0 Å². The molecule has 1 aromatic heterocycles. The van der Waals surface area contributed by atoms with Gasteiger partial charge in [-0.1, -0.05) is 5.16 Å². The summed E-state index contributed by atoms with van der Waals surface area (Å²) in [6.45, 7) is 6.00. The number of oxime groups is 1. The number of halogens is 1. The first kappa shape index (κ1) is 20.5. The Hall–Kier alpha value is -1.80. The molecule has 0 bridgehead atoms. The summed E-state index contributed by atoms with van der Waals surface area (Å²) in [6.07, 6.45) is 5.13. The molecule has 0 saturated heterocycles. The second-order valence-corrected chi connectivity index (χ2v) is 7.87. The summed E-state index contributed by atoms with van der Waals surface area (Å²) >= 11 is 4.72. The van der Waals surface area contributed by atoms with Gasteiger partial charge in [0.2, 0.25) is 5.44 Å². The van der Waals surface area contributed by atoms with Crippen molar-refractivity contribution in [2.75, 3.05) is 12.9 Å². The summed E-state index contributed by atoms with van der Waals surface area (Å²) < 4.78 is 6.76. The molecule has 8 heteroatoms. The van der Waals surface area contributed by atoms with Crippen molar-refractivity contribution in [1.82, 2.24) is 10.3 Å². The molecule has 2 aromatic rings. The van der Waals surface area contributed by atoms with E-state index in [4.69, 9.17) is 9.57 Å². The summed E-state index contributed by atoms with van der Waals surface area (Å²) in [5.41, 5.74) is -0.479. The van der Waals surface area contributed by atoms with E-state index in [1.54, 1.807) is 18.5 Å². The number of ether oxygens (including phenoxy) is 1. The van der Waals surface area contributed by atoms with Crippen LogP contribution in [0.1, 0.15) is 20.8 Å². The minimum Gasteiger partial charge on any atom is -0.470 e. The SMILES string of the molecule is CCO/N=C\C(C)(C)NC(=O)C(Oc1ccc2ncc(Br)cc2c1)SC. The number of nitrogens with one attached hydrogen (secondary N) is 1. The Kier molecular flexibility index (Phi) is 7.28. The lowest BCUT2D eigenvalue weighted by atomic mass is 10.1. The van der Waals surface area contributed by atoms with Gasteiger partial charge in [-0.05, 0) is 67.2 Å². The normalized spacial score (nSPS) is 13.0. The second kappa shape index (κ2) is 9.23. The van der Waals surface area contributed by atoms with Gasteiger partial charge >= 0.3 is 0 Å². The second-order valence-electron chi connectivity index (χ2n) is 6.06. The highest BCUT2D eigenvalue weighted by Gasteiger charge is 2.26. The van der Waals surface area contributed by atoms with E-state index in [2.05, 4.69) is 31.4 Å². The van der Waals surface area contributed by atoms with Gasteiger partial charge in [0.25, 0.3) is 5.91 Å². The van der Waals surface area contributed by atoms with Crippen molar-refractivity contribution in [2.45, 2.75) is 31.7 Å². The van der Waals surface area contributed by atoms with Gasteiger partial charge in [-0.3, -0.25) is 9.78 Å².